The molecule has 0 radical (unpaired) electrons. The molecule has 0 spiro atoms. The number of rotatable bonds is 3. The summed E-state index contributed by atoms with van der Waals surface area (Å²) in [5, 5.41) is 0. The average Bonchev–Trinajstić information content (AvgIpc) is 3.00. The zero-order chi connectivity index (χ0) is 27.3. The Morgan fingerprint density at radius 2 is 0.700 bits per heavy atom. The third kappa shape index (κ3) is 10.3. The number of aromatic nitrogens is 3. The van der Waals surface area contributed by atoms with Crippen LogP contribution in [0.3, 0.4) is 0 Å². The normalized spacial score (nSPS) is 9.68. The molecule has 0 aliphatic carbocycles. The van der Waals surface area contributed by atoms with Gasteiger partial charge < -0.3 is 15.0 Å². The fraction of sp³-hybridized carbons (Fsp3) is 0. The molecular weight excluding hydrogens is 870 g/mol. The number of benzene rings is 3. The number of hydrogen-bond acceptors (Lipinski definition) is 3. The Kier molecular flexibility index (Phi) is 13.6. The van der Waals surface area contributed by atoms with E-state index in [0.717, 1.165) is 47.2 Å². The SMILES string of the molecule is Brc1ccc(-c2[c-]cccc2)nc1.Brc1ccc(-c2[c-]cccc2)nc1.Brc1ccc(-c2[c-]cccc2)nc1.[Ir+3]. The summed E-state index contributed by atoms with van der Waals surface area (Å²) in [5.41, 5.74) is 5.91. The van der Waals surface area contributed by atoms with Gasteiger partial charge in [-0.15, -0.1) is 108 Å². The number of halogens is 3. The summed E-state index contributed by atoms with van der Waals surface area (Å²) in [6.07, 6.45) is 5.36. The zero-order valence-electron chi connectivity index (χ0n) is 20.9. The van der Waals surface area contributed by atoms with Crippen LogP contribution in [0.5, 0.6) is 0 Å². The molecular formula is C33H21Br3IrN3. The van der Waals surface area contributed by atoms with Crippen LogP contribution >= 0.6 is 47.8 Å². The van der Waals surface area contributed by atoms with Gasteiger partial charge in [0.2, 0.25) is 0 Å². The van der Waals surface area contributed by atoms with Crippen LogP contribution in [0.2, 0.25) is 0 Å². The quantitative estimate of drug-likeness (QED) is 0.166. The smallest absolute Gasteiger partial charge is 0.304 e. The minimum absolute atomic E-state index is 0. The predicted octanol–water partition coefficient (Wildman–Crippen LogP) is 9.93. The first-order chi connectivity index (χ1) is 19.1. The molecule has 0 fully saturated rings. The van der Waals surface area contributed by atoms with Crippen LogP contribution in [0.4, 0.5) is 0 Å². The summed E-state index contributed by atoms with van der Waals surface area (Å²) in [6, 6.07) is 44.6. The molecule has 0 atom stereocenters. The molecule has 0 amide bonds. The van der Waals surface area contributed by atoms with Crippen LogP contribution in [0.1, 0.15) is 0 Å². The Bertz CT molecular complexity index is 1340. The van der Waals surface area contributed by atoms with Crippen LogP contribution in [0.15, 0.2) is 141 Å². The third-order valence-corrected chi connectivity index (χ3v) is 6.54. The third-order valence-electron chi connectivity index (χ3n) is 5.14. The van der Waals surface area contributed by atoms with Crippen LogP contribution < -0.4 is 0 Å². The van der Waals surface area contributed by atoms with Crippen molar-refractivity contribution in [1.82, 2.24) is 15.0 Å². The van der Waals surface area contributed by atoms with Gasteiger partial charge in [0.15, 0.2) is 0 Å². The Balaban J connectivity index is 0.000000163. The Morgan fingerprint density at radius 3 is 0.900 bits per heavy atom. The largest absolute Gasteiger partial charge is 3.00 e. The van der Waals surface area contributed by atoms with Crippen LogP contribution in [-0.2, 0) is 20.1 Å². The van der Waals surface area contributed by atoms with Crippen molar-refractivity contribution in [2.45, 2.75) is 0 Å². The first-order valence-corrected chi connectivity index (χ1v) is 14.2. The van der Waals surface area contributed by atoms with Gasteiger partial charge >= 0.3 is 20.1 Å². The molecule has 3 aromatic carbocycles. The van der Waals surface area contributed by atoms with Crippen molar-refractivity contribution in [2.24, 2.45) is 0 Å². The molecule has 0 saturated carbocycles. The van der Waals surface area contributed by atoms with Crippen LogP contribution in [0.25, 0.3) is 33.8 Å². The second-order valence-corrected chi connectivity index (χ2v) is 10.7. The summed E-state index contributed by atoms with van der Waals surface area (Å²) in [4.78, 5) is 12.8. The minimum atomic E-state index is 0. The molecule has 0 bridgehead atoms. The molecule has 3 heterocycles. The second-order valence-electron chi connectivity index (χ2n) is 7.91. The summed E-state index contributed by atoms with van der Waals surface area (Å²) >= 11 is 10.0. The molecule has 6 rings (SSSR count). The molecule has 0 aliphatic heterocycles. The van der Waals surface area contributed by atoms with E-state index in [2.05, 4.69) is 80.9 Å². The topological polar surface area (TPSA) is 38.7 Å². The maximum absolute atomic E-state index is 4.27. The Hall–Kier alpha value is -2.80. The summed E-state index contributed by atoms with van der Waals surface area (Å²) < 4.78 is 2.98. The van der Waals surface area contributed by atoms with Crippen molar-refractivity contribution in [2.75, 3.05) is 0 Å². The number of pyridine rings is 3. The van der Waals surface area contributed by atoms with E-state index in [0.29, 0.717) is 0 Å². The number of nitrogens with zero attached hydrogens (tertiary/aromatic N) is 3. The summed E-state index contributed by atoms with van der Waals surface area (Å²) in [6.45, 7) is 0. The van der Waals surface area contributed by atoms with Crippen molar-refractivity contribution in [3.05, 3.63) is 159 Å². The Morgan fingerprint density at radius 1 is 0.400 bits per heavy atom. The monoisotopic (exact) mass is 889 g/mol. The van der Waals surface area contributed by atoms with Gasteiger partial charge in [-0.3, -0.25) is 0 Å². The van der Waals surface area contributed by atoms with Gasteiger partial charge in [-0.1, -0.05) is 36.4 Å². The molecule has 3 nitrogen and oxygen atoms in total. The van der Waals surface area contributed by atoms with E-state index >= 15 is 0 Å². The van der Waals surface area contributed by atoms with Gasteiger partial charge in [-0.2, -0.15) is 0 Å². The van der Waals surface area contributed by atoms with E-state index in [1.54, 1.807) is 18.6 Å². The predicted molar refractivity (Wildman–Crippen MR) is 169 cm³/mol. The van der Waals surface area contributed by atoms with E-state index < -0.39 is 0 Å². The molecule has 0 N–H and O–H groups in total. The van der Waals surface area contributed by atoms with Crippen molar-refractivity contribution in [3.63, 3.8) is 0 Å². The molecule has 0 aliphatic rings. The zero-order valence-corrected chi connectivity index (χ0v) is 28.1. The van der Waals surface area contributed by atoms with Crippen molar-refractivity contribution >= 4 is 47.8 Å². The van der Waals surface area contributed by atoms with Gasteiger partial charge in [-0.25, -0.2) is 0 Å². The molecule has 198 valence electrons. The fourth-order valence-corrected chi connectivity index (χ4v) is 3.97. The Labute approximate surface area is 273 Å². The fourth-order valence-electron chi connectivity index (χ4n) is 3.26. The second kappa shape index (κ2) is 17.1. The van der Waals surface area contributed by atoms with Gasteiger partial charge in [0.05, 0.1) is 0 Å². The van der Waals surface area contributed by atoms with Gasteiger partial charge in [-0.05, 0) is 64.9 Å². The van der Waals surface area contributed by atoms with Crippen molar-refractivity contribution in [1.29, 1.82) is 0 Å². The standard InChI is InChI=1S/3C11H7BrN.Ir/c3*12-10-6-7-11(13-8-10)9-4-2-1-3-5-9;/h3*1-4,6-8H;/q3*-1;+3. The maximum Gasteiger partial charge on any atom is 3.00 e. The number of hydrogen-bond donors (Lipinski definition) is 0. The molecule has 7 heteroatoms. The molecule has 40 heavy (non-hydrogen) atoms. The van der Waals surface area contributed by atoms with Crippen LogP contribution in [-0.4, -0.2) is 15.0 Å². The van der Waals surface area contributed by atoms with Crippen LogP contribution in [0, 0.1) is 18.2 Å². The molecule has 0 unspecified atom stereocenters. The van der Waals surface area contributed by atoms with E-state index in [-0.39, 0.29) is 20.1 Å². The minimum Gasteiger partial charge on any atom is -0.304 e. The van der Waals surface area contributed by atoms with Crippen molar-refractivity contribution < 1.29 is 20.1 Å². The van der Waals surface area contributed by atoms with E-state index in [9.17, 15) is 0 Å². The van der Waals surface area contributed by atoms with E-state index in [1.807, 2.05) is 109 Å². The molecule has 3 aromatic heterocycles. The average molecular weight is 891 g/mol. The van der Waals surface area contributed by atoms with Gasteiger partial charge in [0.1, 0.15) is 0 Å². The van der Waals surface area contributed by atoms with E-state index in [4.69, 9.17) is 0 Å². The summed E-state index contributed by atoms with van der Waals surface area (Å²) in [5.74, 6) is 0. The first-order valence-electron chi connectivity index (χ1n) is 11.8. The van der Waals surface area contributed by atoms with Gasteiger partial charge in [0.25, 0.3) is 0 Å². The summed E-state index contributed by atoms with van der Waals surface area (Å²) in [7, 11) is 0. The van der Waals surface area contributed by atoms with E-state index in [1.165, 1.54) is 0 Å². The van der Waals surface area contributed by atoms with Crippen molar-refractivity contribution in [3.8, 4) is 33.8 Å². The first kappa shape index (κ1) is 31.7. The maximum atomic E-state index is 4.27. The molecule has 6 aromatic rings. The molecule has 0 saturated heterocycles. The van der Waals surface area contributed by atoms with Gasteiger partial charge in [0, 0.05) is 32.0 Å².